The molecule has 2 N–H and O–H groups in total. The maximum atomic E-state index is 10.8. The maximum absolute atomic E-state index is 10.8. The molecule has 0 aromatic heterocycles. The van der Waals surface area contributed by atoms with Gasteiger partial charge >= 0.3 is 0 Å². The Morgan fingerprint density at radius 2 is 1.44 bits per heavy atom. The van der Waals surface area contributed by atoms with Crippen molar-refractivity contribution < 1.29 is 4.79 Å². The topological polar surface area (TPSA) is 43.1 Å². The van der Waals surface area contributed by atoms with E-state index in [1.807, 2.05) is 6.92 Å². The van der Waals surface area contributed by atoms with Gasteiger partial charge in [-0.1, -0.05) is 71.6 Å². The van der Waals surface area contributed by atoms with Crippen LogP contribution in [-0.4, -0.2) is 11.8 Å². The van der Waals surface area contributed by atoms with Crippen molar-refractivity contribution in [2.24, 2.45) is 11.7 Å². The van der Waals surface area contributed by atoms with Crippen LogP contribution in [-0.2, 0) is 4.79 Å². The highest BCUT2D eigenvalue weighted by Crippen LogP contribution is 2.19. The summed E-state index contributed by atoms with van der Waals surface area (Å²) in [5.74, 6) is 0.291. The second-order valence-electron chi connectivity index (χ2n) is 6.00. The lowest BCUT2D eigenvalue weighted by Crippen LogP contribution is -2.44. The Bertz CT molecular complexity index is 201. The Balaban J connectivity index is 3.33. The first-order valence-corrected chi connectivity index (χ1v) is 7.79. The molecular weight excluding hydrogens is 222 g/mol. The SMILES string of the molecule is CCCCCCCCCCCC(C)C(C)(N)C=O. The molecular formula is C16H33NO. The summed E-state index contributed by atoms with van der Waals surface area (Å²) < 4.78 is 0. The van der Waals surface area contributed by atoms with Crippen LogP contribution < -0.4 is 5.73 Å². The number of nitrogens with two attached hydrogens (primary N) is 1. The summed E-state index contributed by atoms with van der Waals surface area (Å²) in [6.45, 7) is 6.17. The van der Waals surface area contributed by atoms with E-state index in [0.29, 0.717) is 5.92 Å². The quantitative estimate of drug-likeness (QED) is 0.413. The molecule has 0 aromatic carbocycles. The molecule has 0 fully saturated rings. The van der Waals surface area contributed by atoms with E-state index in [1.54, 1.807) is 0 Å². The van der Waals surface area contributed by atoms with Gasteiger partial charge in [0.25, 0.3) is 0 Å². The van der Waals surface area contributed by atoms with Gasteiger partial charge in [-0.3, -0.25) is 0 Å². The van der Waals surface area contributed by atoms with E-state index < -0.39 is 5.54 Å². The van der Waals surface area contributed by atoms with Crippen molar-refractivity contribution in [3.05, 3.63) is 0 Å². The molecule has 2 heteroatoms. The lowest BCUT2D eigenvalue weighted by atomic mass is 9.85. The average Bonchev–Trinajstić information content (AvgIpc) is 2.36. The average molecular weight is 255 g/mol. The number of hydrogen-bond acceptors (Lipinski definition) is 2. The van der Waals surface area contributed by atoms with Crippen LogP contribution in [0.25, 0.3) is 0 Å². The lowest BCUT2D eigenvalue weighted by molar-refractivity contribution is -0.113. The van der Waals surface area contributed by atoms with Crippen LogP contribution in [0.2, 0.25) is 0 Å². The Kier molecular flexibility index (Phi) is 10.3. The Morgan fingerprint density at radius 1 is 1.00 bits per heavy atom. The van der Waals surface area contributed by atoms with Gasteiger partial charge in [-0.25, -0.2) is 0 Å². The van der Waals surface area contributed by atoms with E-state index in [2.05, 4.69) is 13.8 Å². The van der Waals surface area contributed by atoms with E-state index in [1.165, 1.54) is 57.8 Å². The number of rotatable bonds is 12. The van der Waals surface area contributed by atoms with Crippen molar-refractivity contribution in [3.8, 4) is 0 Å². The predicted molar refractivity (Wildman–Crippen MR) is 79.7 cm³/mol. The molecule has 108 valence electrons. The molecule has 0 aromatic rings. The molecule has 0 spiro atoms. The van der Waals surface area contributed by atoms with E-state index in [-0.39, 0.29) is 0 Å². The molecule has 0 rings (SSSR count). The minimum absolute atomic E-state index is 0.291. The van der Waals surface area contributed by atoms with Crippen LogP contribution in [0, 0.1) is 5.92 Å². The fraction of sp³-hybridized carbons (Fsp3) is 0.938. The lowest BCUT2D eigenvalue weighted by Gasteiger charge is -2.25. The number of hydrogen-bond donors (Lipinski definition) is 1. The summed E-state index contributed by atoms with van der Waals surface area (Å²) in [6, 6.07) is 0. The molecule has 0 saturated carbocycles. The number of aldehydes is 1. The van der Waals surface area contributed by atoms with Crippen molar-refractivity contribution in [1.29, 1.82) is 0 Å². The molecule has 2 atom stereocenters. The molecule has 0 aliphatic rings. The summed E-state index contributed by atoms with van der Waals surface area (Å²) in [7, 11) is 0. The van der Waals surface area contributed by atoms with Crippen LogP contribution in [0.5, 0.6) is 0 Å². The van der Waals surface area contributed by atoms with Gasteiger partial charge in [0, 0.05) is 0 Å². The Labute approximate surface area is 114 Å². The first-order chi connectivity index (χ1) is 8.54. The van der Waals surface area contributed by atoms with E-state index in [4.69, 9.17) is 5.73 Å². The minimum atomic E-state index is -0.639. The second-order valence-corrected chi connectivity index (χ2v) is 6.00. The van der Waals surface area contributed by atoms with Crippen molar-refractivity contribution in [2.45, 2.75) is 90.5 Å². The van der Waals surface area contributed by atoms with Gasteiger partial charge in [0.15, 0.2) is 0 Å². The van der Waals surface area contributed by atoms with Crippen LogP contribution in [0.15, 0.2) is 0 Å². The highest BCUT2D eigenvalue weighted by atomic mass is 16.1. The molecule has 2 nitrogen and oxygen atoms in total. The van der Waals surface area contributed by atoms with Gasteiger partial charge in [0.1, 0.15) is 6.29 Å². The third kappa shape index (κ3) is 8.68. The highest BCUT2D eigenvalue weighted by molar-refractivity contribution is 5.63. The van der Waals surface area contributed by atoms with Crippen LogP contribution in [0.4, 0.5) is 0 Å². The van der Waals surface area contributed by atoms with Crippen molar-refractivity contribution >= 4 is 6.29 Å². The number of carbonyl (C=O) groups is 1. The zero-order valence-corrected chi connectivity index (χ0v) is 12.7. The molecule has 0 bridgehead atoms. The zero-order chi connectivity index (χ0) is 13.9. The Hall–Kier alpha value is -0.370. The Morgan fingerprint density at radius 3 is 1.89 bits per heavy atom. The standard InChI is InChI=1S/C16H33NO/c1-4-5-6-7-8-9-10-11-12-13-15(2)16(3,17)14-18/h14-15H,4-13,17H2,1-3H3. The van der Waals surface area contributed by atoms with Gasteiger partial charge < -0.3 is 10.5 Å². The van der Waals surface area contributed by atoms with E-state index >= 15 is 0 Å². The largest absolute Gasteiger partial charge is 0.319 e. The summed E-state index contributed by atoms with van der Waals surface area (Å²) in [6.07, 6.45) is 14.1. The maximum Gasteiger partial charge on any atom is 0.139 e. The van der Waals surface area contributed by atoms with Gasteiger partial charge in [0.2, 0.25) is 0 Å². The van der Waals surface area contributed by atoms with Crippen molar-refractivity contribution in [2.75, 3.05) is 0 Å². The van der Waals surface area contributed by atoms with E-state index in [9.17, 15) is 4.79 Å². The van der Waals surface area contributed by atoms with Crippen molar-refractivity contribution in [1.82, 2.24) is 0 Å². The fourth-order valence-corrected chi connectivity index (χ4v) is 2.19. The normalized spacial score (nSPS) is 16.2. The van der Waals surface area contributed by atoms with Crippen LogP contribution in [0.1, 0.15) is 85.0 Å². The first-order valence-electron chi connectivity index (χ1n) is 7.79. The summed E-state index contributed by atoms with van der Waals surface area (Å²) >= 11 is 0. The second kappa shape index (κ2) is 10.5. The third-order valence-corrected chi connectivity index (χ3v) is 4.06. The van der Waals surface area contributed by atoms with Gasteiger partial charge in [-0.05, 0) is 19.3 Å². The monoisotopic (exact) mass is 255 g/mol. The first kappa shape index (κ1) is 17.6. The molecule has 0 saturated heterocycles. The minimum Gasteiger partial charge on any atom is -0.319 e. The van der Waals surface area contributed by atoms with Gasteiger partial charge in [0.05, 0.1) is 5.54 Å². The van der Waals surface area contributed by atoms with Gasteiger partial charge in [-0.15, -0.1) is 0 Å². The number of carbonyl (C=O) groups excluding carboxylic acids is 1. The molecule has 0 heterocycles. The molecule has 0 aliphatic carbocycles. The smallest absolute Gasteiger partial charge is 0.139 e. The molecule has 18 heavy (non-hydrogen) atoms. The summed E-state index contributed by atoms with van der Waals surface area (Å²) in [5, 5.41) is 0. The summed E-state index contributed by atoms with van der Waals surface area (Å²) in [4.78, 5) is 10.8. The van der Waals surface area contributed by atoms with E-state index in [0.717, 1.165) is 12.7 Å². The third-order valence-electron chi connectivity index (χ3n) is 4.06. The zero-order valence-electron chi connectivity index (χ0n) is 12.7. The van der Waals surface area contributed by atoms with Crippen LogP contribution in [0.3, 0.4) is 0 Å². The van der Waals surface area contributed by atoms with Crippen LogP contribution >= 0.6 is 0 Å². The van der Waals surface area contributed by atoms with Crippen molar-refractivity contribution in [3.63, 3.8) is 0 Å². The molecule has 2 unspecified atom stereocenters. The molecule has 0 radical (unpaired) electrons. The van der Waals surface area contributed by atoms with Gasteiger partial charge in [-0.2, -0.15) is 0 Å². The fourth-order valence-electron chi connectivity index (χ4n) is 2.19. The number of unbranched alkanes of at least 4 members (excludes halogenated alkanes) is 8. The predicted octanol–water partition coefficient (Wildman–Crippen LogP) is 4.46. The summed E-state index contributed by atoms with van der Waals surface area (Å²) in [5.41, 5.74) is 5.26. The highest BCUT2D eigenvalue weighted by Gasteiger charge is 2.24. The molecule has 0 amide bonds. The molecule has 0 aliphatic heterocycles.